The highest BCUT2D eigenvalue weighted by atomic mass is 35.5. The molecule has 3 rings (SSSR count). The number of amides is 2. The highest BCUT2D eigenvalue weighted by Crippen LogP contribution is 2.59. The molecule has 10 heteroatoms. The van der Waals surface area contributed by atoms with Gasteiger partial charge in [-0.25, -0.2) is 4.39 Å². The molecule has 5 atom stereocenters. The number of hydrogen-bond donors (Lipinski definition) is 1. The van der Waals surface area contributed by atoms with Crippen LogP contribution in [0.1, 0.15) is 13.8 Å². The molecule has 0 bridgehead atoms. The van der Waals surface area contributed by atoms with Crippen LogP contribution in [0.25, 0.3) is 0 Å². The number of carbonyl (C=O) groups is 2. The molecular formula is C18H19ClF4N2O3. The minimum atomic E-state index is -5.14. The van der Waals surface area contributed by atoms with Gasteiger partial charge in [-0.1, -0.05) is 0 Å². The first-order chi connectivity index (χ1) is 12.9. The average Bonchev–Trinajstić information content (AvgIpc) is 2.97. The first-order valence-electron chi connectivity index (χ1n) is 8.69. The molecule has 0 radical (unpaired) electrons. The number of likely N-dealkylation sites (tertiary alicyclic amines) is 1. The highest BCUT2D eigenvalue weighted by Gasteiger charge is 2.65. The van der Waals surface area contributed by atoms with Crippen molar-refractivity contribution in [1.29, 1.82) is 0 Å². The van der Waals surface area contributed by atoms with Gasteiger partial charge in [-0.3, -0.25) is 9.59 Å². The zero-order valence-corrected chi connectivity index (χ0v) is 15.9. The van der Waals surface area contributed by atoms with Crippen molar-refractivity contribution in [2.45, 2.75) is 37.0 Å². The maximum atomic E-state index is 13.0. The molecule has 2 aliphatic rings. The normalized spacial score (nSPS) is 28.3. The molecule has 0 spiro atoms. The van der Waals surface area contributed by atoms with Gasteiger partial charge in [-0.2, -0.15) is 13.2 Å². The molecule has 154 valence electrons. The summed E-state index contributed by atoms with van der Waals surface area (Å²) in [6.07, 6.45) is -6.26. The molecule has 1 saturated carbocycles. The predicted molar refractivity (Wildman–Crippen MR) is 92.3 cm³/mol. The van der Waals surface area contributed by atoms with Crippen LogP contribution < -0.4 is 10.1 Å². The van der Waals surface area contributed by atoms with E-state index in [9.17, 15) is 27.2 Å². The SMILES string of the molecule is CC(Oc1ccc(F)cc1)[C@H](NC(=O)C(F)(F)F)C(=O)N1C[C@@H]2[C@H](C1)C2(C)Cl. The third kappa shape index (κ3) is 4.04. The number of benzene rings is 1. The van der Waals surface area contributed by atoms with Gasteiger partial charge in [-0.05, 0) is 38.1 Å². The predicted octanol–water partition coefficient (Wildman–Crippen LogP) is 2.73. The molecule has 0 aromatic heterocycles. The van der Waals surface area contributed by atoms with E-state index in [1.165, 1.54) is 24.0 Å². The maximum Gasteiger partial charge on any atom is 0.471 e. The molecule has 1 N–H and O–H groups in total. The van der Waals surface area contributed by atoms with E-state index in [-0.39, 0.29) is 17.6 Å². The first kappa shape index (κ1) is 20.7. The van der Waals surface area contributed by atoms with Crippen molar-refractivity contribution in [1.82, 2.24) is 10.2 Å². The molecule has 2 amide bonds. The molecule has 1 aromatic carbocycles. The standard InChI is InChI=1S/C18H19ClF4N2O3/c1-9(28-11-5-3-10(20)4-6-11)14(24-16(27)18(21,22)23)15(26)25-7-12-13(8-25)17(12,2)19/h3-6,9,12-14H,7-8H2,1-2H3,(H,24,27)/t9?,12-,13+,14-,17?/m0/s1. The Morgan fingerprint density at radius 1 is 1.25 bits per heavy atom. The molecule has 2 fully saturated rings. The molecule has 1 aromatic rings. The van der Waals surface area contributed by atoms with Gasteiger partial charge in [0.1, 0.15) is 23.7 Å². The number of ether oxygens (including phenoxy) is 1. The maximum absolute atomic E-state index is 13.0. The summed E-state index contributed by atoms with van der Waals surface area (Å²) in [4.78, 5) is 25.3. The van der Waals surface area contributed by atoms with Crippen molar-refractivity contribution in [2.24, 2.45) is 11.8 Å². The van der Waals surface area contributed by atoms with E-state index >= 15 is 0 Å². The molecule has 5 nitrogen and oxygen atoms in total. The summed E-state index contributed by atoms with van der Waals surface area (Å²) in [6.45, 7) is 3.84. The van der Waals surface area contributed by atoms with Crippen LogP contribution in [-0.4, -0.2) is 53.0 Å². The first-order valence-corrected chi connectivity index (χ1v) is 9.06. The van der Waals surface area contributed by atoms with Crippen LogP contribution in [0, 0.1) is 17.7 Å². The van der Waals surface area contributed by atoms with Crippen LogP contribution in [0.15, 0.2) is 24.3 Å². The number of halogens is 5. The summed E-state index contributed by atoms with van der Waals surface area (Å²) in [5.74, 6) is -3.11. The molecule has 1 heterocycles. The van der Waals surface area contributed by atoms with Crippen LogP contribution >= 0.6 is 11.6 Å². The van der Waals surface area contributed by atoms with Gasteiger partial charge in [0.2, 0.25) is 5.91 Å². The molecule has 2 unspecified atom stereocenters. The second-order valence-electron chi connectivity index (χ2n) is 7.33. The Morgan fingerprint density at radius 3 is 2.29 bits per heavy atom. The van der Waals surface area contributed by atoms with Crippen LogP contribution in [0.4, 0.5) is 17.6 Å². The van der Waals surface area contributed by atoms with E-state index in [1.807, 2.05) is 6.92 Å². The van der Waals surface area contributed by atoms with E-state index < -0.39 is 40.8 Å². The number of alkyl halides is 4. The van der Waals surface area contributed by atoms with E-state index in [2.05, 4.69) is 0 Å². The Hall–Kier alpha value is -2.03. The van der Waals surface area contributed by atoms with Gasteiger partial charge in [0.15, 0.2) is 0 Å². The fraction of sp³-hybridized carbons (Fsp3) is 0.556. The van der Waals surface area contributed by atoms with Gasteiger partial charge in [0, 0.05) is 24.9 Å². The van der Waals surface area contributed by atoms with Gasteiger partial charge < -0.3 is 15.0 Å². The molecular weight excluding hydrogens is 404 g/mol. The number of nitrogens with one attached hydrogen (secondary N) is 1. The fourth-order valence-electron chi connectivity index (χ4n) is 3.60. The Labute approximate surface area is 164 Å². The van der Waals surface area contributed by atoms with Crippen molar-refractivity contribution in [3.8, 4) is 5.75 Å². The number of nitrogens with zero attached hydrogens (tertiary/aromatic N) is 1. The minimum Gasteiger partial charge on any atom is -0.488 e. The zero-order chi connectivity index (χ0) is 20.9. The number of rotatable bonds is 5. The number of hydrogen-bond acceptors (Lipinski definition) is 3. The van der Waals surface area contributed by atoms with Crippen LogP contribution in [0.2, 0.25) is 0 Å². The lowest BCUT2D eigenvalue weighted by Crippen LogP contribution is -2.57. The summed E-state index contributed by atoms with van der Waals surface area (Å²) in [7, 11) is 0. The van der Waals surface area contributed by atoms with Gasteiger partial charge >= 0.3 is 12.1 Å². The summed E-state index contributed by atoms with van der Waals surface area (Å²) >= 11 is 6.27. The lowest BCUT2D eigenvalue weighted by Gasteiger charge is -2.30. The summed E-state index contributed by atoms with van der Waals surface area (Å²) < 4.78 is 56.7. The number of fused-ring (bicyclic) bond motifs is 1. The van der Waals surface area contributed by atoms with Gasteiger partial charge in [-0.15, -0.1) is 11.6 Å². The lowest BCUT2D eigenvalue weighted by molar-refractivity contribution is -0.175. The Bertz CT molecular complexity index is 755. The second-order valence-corrected chi connectivity index (χ2v) is 8.15. The molecule has 1 saturated heterocycles. The third-order valence-corrected chi connectivity index (χ3v) is 5.95. The van der Waals surface area contributed by atoms with Crippen molar-refractivity contribution in [3.63, 3.8) is 0 Å². The van der Waals surface area contributed by atoms with Crippen molar-refractivity contribution >= 4 is 23.4 Å². The summed E-state index contributed by atoms with van der Waals surface area (Å²) in [5.41, 5.74) is 0. The van der Waals surface area contributed by atoms with Crippen molar-refractivity contribution in [2.75, 3.05) is 13.1 Å². The lowest BCUT2D eigenvalue weighted by atomic mass is 10.1. The molecule has 1 aliphatic heterocycles. The zero-order valence-electron chi connectivity index (χ0n) is 15.1. The molecule has 1 aliphatic carbocycles. The quantitative estimate of drug-likeness (QED) is 0.586. The summed E-state index contributed by atoms with van der Waals surface area (Å²) in [5, 5.41) is 1.73. The van der Waals surface area contributed by atoms with E-state index in [0.29, 0.717) is 13.1 Å². The Morgan fingerprint density at radius 2 is 1.79 bits per heavy atom. The Balaban J connectivity index is 1.73. The molecule has 28 heavy (non-hydrogen) atoms. The minimum absolute atomic E-state index is 0.0745. The van der Waals surface area contributed by atoms with Gasteiger partial charge in [0.05, 0.1) is 4.87 Å². The van der Waals surface area contributed by atoms with Gasteiger partial charge in [0.25, 0.3) is 0 Å². The van der Waals surface area contributed by atoms with E-state index in [4.69, 9.17) is 16.3 Å². The topological polar surface area (TPSA) is 58.6 Å². The number of piperidine rings is 1. The largest absolute Gasteiger partial charge is 0.488 e. The van der Waals surface area contributed by atoms with E-state index in [0.717, 1.165) is 12.1 Å². The number of carbonyl (C=O) groups excluding carboxylic acids is 2. The van der Waals surface area contributed by atoms with Crippen LogP contribution in [0.5, 0.6) is 5.75 Å². The fourth-order valence-corrected chi connectivity index (χ4v) is 3.97. The monoisotopic (exact) mass is 422 g/mol. The highest BCUT2D eigenvalue weighted by molar-refractivity contribution is 6.26. The smallest absolute Gasteiger partial charge is 0.471 e. The van der Waals surface area contributed by atoms with Crippen LogP contribution in [-0.2, 0) is 9.59 Å². The van der Waals surface area contributed by atoms with Crippen LogP contribution in [0.3, 0.4) is 0 Å². The van der Waals surface area contributed by atoms with Crippen molar-refractivity contribution < 1.29 is 31.9 Å². The summed E-state index contributed by atoms with van der Waals surface area (Å²) in [6, 6.07) is 3.23. The Kier molecular flexibility index (Phi) is 5.24. The van der Waals surface area contributed by atoms with Crippen molar-refractivity contribution in [3.05, 3.63) is 30.1 Å². The third-order valence-electron chi connectivity index (χ3n) is 5.39. The second kappa shape index (κ2) is 7.09. The van der Waals surface area contributed by atoms with E-state index in [1.54, 1.807) is 5.32 Å². The average molecular weight is 423 g/mol.